The van der Waals surface area contributed by atoms with Crippen LogP contribution in [-0.4, -0.2) is 64.7 Å². The summed E-state index contributed by atoms with van der Waals surface area (Å²) in [5.41, 5.74) is 4.50. The summed E-state index contributed by atoms with van der Waals surface area (Å²) >= 11 is 0. The fourth-order valence-corrected chi connectivity index (χ4v) is 3.15. The first-order valence-electron chi connectivity index (χ1n) is 7.33. The van der Waals surface area contributed by atoms with Crippen LogP contribution >= 0.6 is 0 Å². The van der Waals surface area contributed by atoms with E-state index in [2.05, 4.69) is 19.9 Å². The molecule has 1 aliphatic heterocycles. The number of hydrogen-bond acceptors (Lipinski definition) is 9. The van der Waals surface area contributed by atoms with E-state index in [1.165, 1.54) is 4.57 Å². The topological polar surface area (TPSA) is 192 Å². The molecule has 0 bridgehead atoms. The Morgan fingerprint density at radius 2 is 1.96 bits per heavy atom. The van der Waals surface area contributed by atoms with Gasteiger partial charge in [-0.3, -0.25) is 19.3 Å². The number of aliphatic hydroxyl groups is 3. The van der Waals surface area contributed by atoms with Gasteiger partial charge in [0.05, 0.1) is 17.4 Å². The molecule has 0 aromatic carbocycles. The predicted molar refractivity (Wildman–Crippen MR) is 83.7 cm³/mol. The molecule has 4 heterocycles. The Hall–Kier alpha value is -2.80. The number of aromatic nitrogens is 5. The zero-order valence-corrected chi connectivity index (χ0v) is 12.6. The molecule has 1 aliphatic rings. The molecule has 7 N–H and O–H groups in total. The molecule has 0 aliphatic carbocycles. The lowest BCUT2D eigenvalue weighted by atomic mass is 10.1. The maximum atomic E-state index is 12.3. The molecule has 4 rings (SSSR count). The summed E-state index contributed by atoms with van der Waals surface area (Å²) < 4.78 is 6.75. The van der Waals surface area contributed by atoms with Crippen LogP contribution < -0.4 is 17.0 Å². The minimum atomic E-state index is -1.44. The fraction of sp³-hybridized carbons (Fsp3) is 0.385. The van der Waals surface area contributed by atoms with Gasteiger partial charge in [0.15, 0.2) is 6.23 Å². The van der Waals surface area contributed by atoms with E-state index < -0.39 is 42.4 Å². The van der Waals surface area contributed by atoms with Gasteiger partial charge in [0.25, 0.3) is 5.56 Å². The number of anilines is 1. The number of rotatable bonds is 2. The smallest absolute Gasteiger partial charge is 0.327 e. The van der Waals surface area contributed by atoms with Gasteiger partial charge in [-0.2, -0.15) is 0 Å². The number of aliphatic hydroxyl groups excluding tert-OH is 3. The number of hydrogen-bond donors (Lipinski definition) is 6. The third-order valence-corrected chi connectivity index (χ3v) is 4.27. The lowest BCUT2D eigenvalue weighted by Gasteiger charge is -2.18. The maximum absolute atomic E-state index is 12.3. The van der Waals surface area contributed by atoms with Crippen molar-refractivity contribution in [3.05, 3.63) is 27.2 Å². The second kappa shape index (κ2) is 5.35. The second-order valence-electron chi connectivity index (χ2n) is 5.69. The highest BCUT2D eigenvalue weighted by Crippen LogP contribution is 2.36. The quantitative estimate of drug-likeness (QED) is 0.282. The molecule has 3 aromatic rings. The second-order valence-corrected chi connectivity index (χ2v) is 5.69. The van der Waals surface area contributed by atoms with E-state index in [9.17, 15) is 24.9 Å². The van der Waals surface area contributed by atoms with Gasteiger partial charge in [0.1, 0.15) is 41.8 Å². The van der Waals surface area contributed by atoms with Crippen LogP contribution in [0.5, 0.6) is 0 Å². The van der Waals surface area contributed by atoms with E-state index in [0.717, 1.165) is 6.33 Å². The minimum Gasteiger partial charge on any atom is -0.394 e. The van der Waals surface area contributed by atoms with Crippen molar-refractivity contribution in [1.82, 2.24) is 24.5 Å². The van der Waals surface area contributed by atoms with Gasteiger partial charge in [-0.15, -0.1) is 0 Å². The van der Waals surface area contributed by atoms with Crippen LogP contribution in [0.1, 0.15) is 6.23 Å². The van der Waals surface area contributed by atoms with E-state index in [4.69, 9.17) is 10.5 Å². The molecule has 0 radical (unpaired) electrons. The highest BCUT2D eigenvalue weighted by atomic mass is 16.6. The van der Waals surface area contributed by atoms with Crippen LogP contribution in [0.25, 0.3) is 22.1 Å². The van der Waals surface area contributed by atoms with Gasteiger partial charge in [-0.25, -0.2) is 14.8 Å². The van der Waals surface area contributed by atoms with Crippen LogP contribution in [0.15, 0.2) is 15.9 Å². The first-order valence-corrected chi connectivity index (χ1v) is 7.33. The van der Waals surface area contributed by atoms with Gasteiger partial charge in [0.2, 0.25) is 0 Å². The van der Waals surface area contributed by atoms with E-state index in [1.807, 2.05) is 0 Å². The molecular weight excluding hydrogens is 336 g/mol. The molecule has 1 fully saturated rings. The van der Waals surface area contributed by atoms with E-state index >= 15 is 0 Å². The molecule has 1 unspecified atom stereocenters. The number of nitrogens with two attached hydrogens (primary N) is 1. The van der Waals surface area contributed by atoms with Crippen LogP contribution in [-0.2, 0) is 4.74 Å². The van der Waals surface area contributed by atoms with Gasteiger partial charge in [-0.05, 0) is 0 Å². The Balaban J connectivity index is 2.11. The normalized spacial score (nSPS) is 26.7. The summed E-state index contributed by atoms with van der Waals surface area (Å²) in [5.74, 6) is -0.00181. The summed E-state index contributed by atoms with van der Waals surface area (Å²) in [6, 6.07) is 0. The molecule has 0 spiro atoms. The van der Waals surface area contributed by atoms with Crippen molar-refractivity contribution in [3.8, 4) is 0 Å². The summed E-state index contributed by atoms with van der Waals surface area (Å²) in [6.45, 7) is -0.528. The van der Waals surface area contributed by atoms with E-state index in [-0.39, 0.29) is 27.9 Å². The molecule has 3 aromatic heterocycles. The predicted octanol–water partition coefficient (Wildman–Crippen LogP) is -2.85. The summed E-state index contributed by atoms with van der Waals surface area (Å²) in [6.07, 6.45) is -3.90. The van der Waals surface area contributed by atoms with Crippen molar-refractivity contribution in [2.75, 3.05) is 12.3 Å². The number of aromatic amines is 2. The molecule has 132 valence electrons. The van der Waals surface area contributed by atoms with Gasteiger partial charge >= 0.3 is 5.69 Å². The van der Waals surface area contributed by atoms with Crippen LogP contribution in [0.4, 0.5) is 5.82 Å². The first kappa shape index (κ1) is 15.7. The zero-order valence-electron chi connectivity index (χ0n) is 12.6. The average Bonchev–Trinajstić information content (AvgIpc) is 3.04. The van der Waals surface area contributed by atoms with E-state index in [1.54, 1.807) is 0 Å². The van der Waals surface area contributed by atoms with Gasteiger partial charge < -0.3 is 25.8 Å². The Labute approximate surface area is 137 Å². The van der Waals surface area contributed by atoms with Crippen LogP contribution in [0, 0.1) is 0 Å². The third-order valence-electron chi connectivity index (χ3n) is 4.27. The van der Waals surface area contributed by atoms with Crippen LogP contribution in [0.3, 0.4) is 0 Å². The first-order chi connectivity index (χ1) is 11.9. The number of ether oxygens (including phenoxy) is 1. The average molecular weight is 350 g/mol. The lowest BCUT2D eigenvalue weighted by molar-refractivity contribution is -0.0492. The molecule has 0 saturated carbocycles. The van der Waals surface area contributed by atoms with Crippen molar-refractivity contribution < 1.29 is 20.1 Å². The Morgan fingerprint density at radius 3 is 2.64 bits per heavy atom. The standard InChI is InChI=1S/C13H14N6O6/c14-8-4-5-10(17-13(24)18-11(5)23)19(9(4)16-2-15-8)12-7(22)6(21)3(1-20)25-12/h2-3,6-7,12,20-22H,1H2,(H2,14,15,16)(H2,17,18,23,24)/t3-,6-,7-,12?/m1/s1. The Morgan fingerprint density at radius 1 is 1.20 bits per heavy atom. The highest BCUT2D eigenvalue weighted by Gasteiger charge is 2.44. The van der Waals surface area contributed by atoms with Crippen molar-refractivity contribution in [2.24, 2.45) is 0 Å². The summed E-state index contributed by atoms with van der Waals surface area (Å²) in [7, 11) is 0. The number of nitrogens with zero attached hydrogens (tertiary/aromatic N) is 3. The maximum Gasteiger partial charge on any atom is 0.327 e. The SMILES string of the molecule is Nc1ncnc2c1c1c(=O)[nH]c(=O)[nH]c1n2C1O[C@H](CO)[C@@H](O)[C@H]1O. The summed E-state index contributed by atoms with van der Waals surface area (Å²) in [4.78, 5) is 36.4. The number of fused-ring (bicyclic) bond motifs is 3. The third kappa shape index (κ3) is 2.09. The fourth-order valence-electron chi connectivity index (χ4n) is 3.15. The Kier molecular flexibility index (Phi) is 3.36. The molecular formula is C13H14N6O6. The molecule has 25 heavy (non-hydrogen) atoms. The van der Waals surface area contributed by atoms with Crippen molar-refractivity contribution in [1.29, 1.82) is 0 Å². The lowest BCUT2D eigenvalue weighted by Crippen LogP contribution is -2.33. The molecule has 12 heteroatoms. The number of nitrogens with one attached hydrogen (secondary N) is 2. The summed E-state index contributed by atoms with van der Waals surface area (Å²) in [5, 5.41) is 29.7. The van der Waals surface area contributed by atoms with Gasteiger partial charge in [-0.1, -0.05) is 0 Å². The zero-order chi connectivity index (χ0) is 17.9. The highest BCUT2D eigenvalue weighted by molar-refractivity contribution is 6.09. The minimum absolute atomic E-state index is 0.00181. The van der Waals surface area contributed by atoms with Crippen LogP contribution in [0.2, 0.25) is 0 Å². The van der Waals surface area contributed by atoms with E-state index in [0.29, 0.717) is 0 Å². The number of nitrogen functional groups attached to an aromatic ring is 1. The monoisotopic (exact) mass is 350 g/mol. The molecule has 1 saturated heterocycles. The van der Waals surface area contributed by atoms with Gasteiger partial charge in [0, 0.05) is 0 Å². The molecule has 4 atom stereocenters. The van der Waals surface area contributed by atoms with Crippen molar-refractivity contribution in [2.45, 2.75) is 24.5 Å². The van der Waals surface area contributed by atoms with Crippen molar-refractivity contribution in [3.63, 3.8) is 0 Å². The molecule has 12 nitrogen and oxygen atoms in total. The molecule has 0 amide bonds. The largest absolute Gasteiger partial charge is 0.394 e. The number of H-pyrrole nitrogens is 2. The van der Waals surface area contributed by atoms with Crippen molar-refractivity contribution >= 4 is 27.9 Å². The Bertz CT molecular complexity index is 1090.